The van der Waals surface area contributed by atoms with Gasteiger partial charge in [0, 0.05) is 0 Å². The molecule has 0 bridgehead atoms. The van der Waals surface area contributed by atoms with E-state index in [0.29, 0.717) is 0 Å². The molecule has 0 aromatic heterocycles. The zero-order valence-electron chi connectivity index (χ0n) is 6.75. The highest BCUT2D eigenvalue weighted by atomic mass is 28.4. The van der Waals surface area contributed by atoms with Crippen LogP contribution in [0, 0.1) is 0 Å². The summed E-state index contributed by atoms with van der Waals surface area (Å²) in [5, 5.41) is 0.894. The maximum absolute atomic E-state index is 5.32. The van der Waals surface area contributed by atoms with Crippen LogP contribution in [0.3, 0.4) is 0 Å². The van der Waals surface area contributed by atoms with E-state index in [2.05, 4.69) is 6.58 Å². The molecule has 0 N–H and O–H groups in total. The lowest BCUT2D eigenvalue weighted by atomic mass is 10.8. The van der Waals surface area contributed by atoms with E-state index in [1.807, 2.05) is 6.92 Å². The van der Waals surface area contributed by atoms with Crippen LogP contribution in [0.1, 0.15) is 6.92 Å². The van der Waals surface area contributed by atoms with Crippen LogP contribution in [0.4, 0.5) is 0 Å². The fourth-order valence-electron chi connectivity index (χ4n) is 0.405. The van der Waals surface area contributed by atoms with Gasteiger partial charge in [-0.15, -0.1) is 0 Å². The van der Waals surface area contributed by atoms with E-state index in [9.17, 15) is 0 Å². The van der Waals surface area contributed by atoms with Gasteiger partial charge in [0.15, 0.2) is 0 Å². The smallest absolute Gasteiger partial charge is 0.412 e. The van der Waals surface area contributed by atoms with Gasteiger partial charge in [-0.3, -0.25) is 0 Å². The average molecular weight is 261 g/mol. The molecule has 0 amide bonds. The summed E-state index contributed by atoms with van der Waals surface area (Å²) < 4.78 is 25.7. The SMILES string of the molecule is C=C(C)[Si]1O[Si]O[Si]O[Si]O[Si]O1. The molecule has 0 unspecified atom stereocenters. The molecule has 0 aliphatic carbocycles. The Kier molecular flexibility index (Phi) is 6.29. The summed E-state index contributed by atoms with van der Waals surface area (Å²) >= 11 is 0. The van der Waals surface area contributed by atoms with Crippen LogP contribution in [-0.4, -0.2) is 49.3 Å². The van der Waals surface area contributed by atoms with Crippen molar-refractivity contribution in [3.05, 3.63) is 11.8 Å². The Morgan fingerprint density at radius 1 is 1.00 bits per heavy atom. The predicted molar refractivity (Wildman–Crippen MR) is 49.0 cm³/mol. The quantitative estimate of drug-likeness (QED) is 0.556. The van der Waals surface area contributed by atoms with E-state index in [4.69, 9.17) is 20.6 Å². The van der Waals surface area contributed by atoms with Crippen LogP contribution in [0.2, 0.25) is 0 Å². The Labute approximate surface area is 88.8 Å². The molecular weight excluding hydrogens is 256 g/mol. The molecule has 1 rings (SSSR count). The Morgan fingerprint density at radius 3 is 1.92 bits per heavy atom. The summed E-state index contributed by atoms with van der Waals surface area (Å²) in [5.74, 6) is 0. The minimum Gasteiger partial charge on any atom is -0.412 e. The van der Waals surface area contributed by atoms with Crippen LogP contribution < -0.4 is 0 Å². The second-order valence-corrected chi connectivity index (χ2v) is 8.09. The Morgan fingerprint density at radius 2 is 1.46 bits per heavy atom. The molecular formula is C3H5O5Si5. The van der Waals surface area contributed by atoms with Crippen molar-refractivity contribution >= 4 is 49.3 Å². The molecule has 13 heavy (non-hydrogen) atoms. The minimum atomic E-state index is -1.43. The molecule has 5 nitrogen and oxygen atoms in total. The van der Waals surface area contributed by atoms with Crippen molar-refractivity contribution in [3.63, 3.8) is 0 Å². The standard InChI is InChI=1S/C3H5O5Si5/c1-3(2)13-7-11-5-9-4-10-6-12-8-13/h1H2,2H3. The zero-order chi connectivity index (χ0) is 9.52. The van der Waals surface area contributed by atoms with E-state index in [1.165, 1.54) is 0 Å². The molecule has 1 heterocycles. The van der Waals surface area contributed by atoms with E-state index >= 15 is 0 Å². The summed E-state index contributed by atoms with van der Waals surface area (Å²) in [6, 6.07) is 0. The van der Waals surface area contributed by atoms with Crippen molar-refractivity contribution in [2.24, 2.45) is 0 Å². The van der Waals surface area contributed by atoms with E-state index in [0.717, 1.165) is 5.20 Å². The molecule has 0 aromatic rings. The normalized spacial score (nSPS) is 22.5. The van der Waals surface area contributed by atoms with Gasteiger partial charge in [-0.25, -0.2) is 0 Å². The van der Waals surface area contributed by atoms with E-state index in [-0.39, 0.29) is 40.0 Å². The third-order valence-electron chi connectivity index (χ3n) is 0.867. The van der Waals surface area contributed by atoms with Gasteiger partial charge in [0.25, 0.3) is 0 Å². The van der Waals surface area contributed by atoms with E-state index in [1.54, 1.807) is 0 Å². The first-order chi connectivity index (χ1) is 6.30. The lowest BCUT2D eigenvalue weighted by molar-refractivity contribution is 0.337. The highest BCUT2D eigenvalue weighted by Crippen LogP contribution is 2.00. The van der Waals surface area contributed by atoms with Gasteiger partial charge in [-0.1, -0.05) is 6.58 Å². The minimum absolute atomic E-state index is 0.0237. The predicted octanol–water partition coefficient (Wildman–Crippen LogP) is -1.18. The van der Waals surface area contributed by atoms with Gasteiger partial charge in [0.1, 0.15) is 0 Å². The first-order valence-corrected chi connectivity index (χ1v) is 7.73. The zero-order valence-corrected chi connectivity index (χ0v) is 11.7. The highest BCUT2D eigenvalue weighted by Gasteiger charge is 2.20. The van der Waals surface area contributed by atoms with Gasteiger partial charge >= 0.3 is 49.3 Å². The van der Waals surface area contributed by atoms with Crippen molar-refractivity contribution in [3.8, 4) is 0 Å². The summed E-state index contributed by atoms with van der Waals surface area (Å²) in [4.78, 5) is 0. The van der Waals surface area contributed by atoms with Crippen molar-refractivity contribution in [1.29, 1.82) is 0 Å². The molecule has 1 fully saturated rings. The molecule has 0 aromatic carbocycles. The summed E-state index contributed by atoms with van der Waals surface area (Å²) in [5.41, 5.74) is 0. The summed E-state index contributed by atoms with van der Waals surface area (Å²) in [6.07, 6.45) is 0. The topological polar surface area (TPSA) is 46.2 Å². The van der Waals surface area contributed by atoms with Crippen LogP contribution in [0.15, 0.2) is 11.8 Å². The number of allylic oxidation sites excluding steroid dienone is 1. The average Bonchev–Trinajstić information content (AvgIpc) is 2.14. The first-order valence-electron chi connectivity index (χ1n) is 3.14. The van der Waals surface area contributed by atoms with Crippen LogP contribution in [-0.2, 0) is 20.6 Å². The Hall–Kier alpha value is 0.624. The monoisotopic (exact) mass is 261 g/mol. The molecule has 1 saturated heterocycles. The highest BCUT2D eigenvalue weighted by molar-refractivity contribution is 6.64. The third-order valence-corrected chi connectivity index (χ3v) is 5.71. The maximum atomic E-state index is 5.32. The Bertz CT molecular complexity index is 156. The van der Waals surface area contributed by atoms with Gasteiger partial charge in [0.2, 0.25) is 0 Å². The Balaban J connectivity index is 2.30. The molecule has 67 valence electrons. The molecule has 0 saturated carbocycles. The van der Waals surface area contributed by atoms with Crippen molar-refractivity contribution in [1.82, 2.24) is 0 Å². The van der Waals surface area contributed by atoms with Crippen molar-refractivity contribution < 1.29 is 20.6 Å². The van der Waals surface area contributed by atoms with E-state index < -0.39 is 9.28 Å². The molecule has 10 heteroatoms. The molecule has 1 aliphatic heterocycles. The number of rotatable bonds is 1. The maximum Gasteiger partial charge on any atom is 0.413 e. The molecule has 0 spiro atoms. The lowest BCUT2D eigenvalue weighted by Crippen LogP contribution is -2.33. The summed E-state index contributed by atoms with van der Waals surface area (Å²) in [7, 11) is -1.56. The molecule has 9 radical (unpaired) electrons. The second-order valence-electron chi connectivity index (χ2n) is 1.91. The largest absolute Gasteiger partial charge is 0.413 e. The van der Waals surface area contributed by atoms with Crippen LogP contribution in [0.25, 0.3) is 0 Å². The van der Waals surface area contributed by atoms with Crippen molar-refractivity contribution in [2.45, 2.75) is 6.92 Å². The van der Waals surface area contributed by atoms with Crippen molar-refractivity contribution in [2.75, 3.05) is 0 Å². The molecule has 0 atom stereocenters. The number of hydrogen-bond donors (Lipinski definition) is 0. The second kappa shape index (κ2) is 6.99. The van der Waals surface area contributed by atoms with Crippen LogP contribution in [0.5, 0.6) is 0 Å². The fraction of sp³-hybridized carbons (Fsp3) is 0.333. The molecule has 1 aliphatic rings. The van der Waals surface area contributed by atoms with Gasteiger partial charge in [0.05, 0.1) is 0 Å². The van der Waals surface area contributed by atoms with Gasteiger partial charge in [-0.05, 0) is 12.1 Å². The lowest BCUT2D eigenvalue weighted by Gasteiger charge is -2.14. The number of hydrogen-bond acceptors (Lipinski definition) is 5. The summed E-state index contributed by atoms with van der Waals surface area (Å²) in [6.45, 7) is 5.64. The third kappa shape index (κ3) is 5.16. The first kappa shape index (κ1) is 11.7. The van der Waals surface area contributed by atoms with Gasteiger partial charge in [-0.2, -0.15) is 0 Å². The fourth-order valence-corrected chi connectivity index (χ4v) is 5.52. The van der Waals surface area contributed by atoms with Crippen LogP contribution >= 0.6 is 0 Å². The van der Waals surface area contributed by atoms with Gasteiger partial charge < -0.3 is 20.6 Å².